The Morgan fingerprint density at radius 2 is 1.58 bits per heavy atom. The molecule has 45 heavy (non-hydrogen) atoms. The summed E-state index contributed by atoms with van der Waals surface area (Å²) in [5.74, 6) is -0.0635. The fourth-order valence-corrected chi connectivity index (χ4v) is 6.59. The first-order valence-corrected chi connectivity index (χ1v) is 17.0. The van der Waals surface area contributed by atoms with Crippen molar-refractivity contribution in [1.29, 1.82) is 0 Å². The predicted molar refractivity (Wildman–Crippen MR) is 177 cm³/mol. The maximum atomic E-state index is 13.0. The minimum absolute atomic E-state index is 0.0635. The maximum Gasteiger partial charge on any atom is 0.319 e. The standard InChI is InChI=1S/C32H40Cl2N4O6S/c1-23-6-8-26(9-7-23)37-32(39)35-10-12-42-14-16-44-17-15-43-13-11-36-45(40,41)27-5-3-4-24(18-27)29-21-38(2)22-30-28(29)19-25(33)20-31(30)34/h3-9,18-20,29,36H,10-17,21-22H2,1-2H3,(H2,35,37,39)/t29-/m0/s1. The van der Waals surface area contributed by atoms with Gasteiger partial charge in [-0.25, -0.2) is 17.9 Å². The summed E-state index contributed by atoms with van der Waals surface area (Å²) in [7, 11) is -1.73. The number of halogens is 2. The van der Waals surface area contributed by atoms with Crippen LogP contribution in [0, 0.1) is 6.92 Å². The number of amides is 2. The van der Waals surface area contributed by atoms with E-state index in [-0.39, 0.29) is 30.0 Å². The Bertz CT molecular complexity index is 1520. The van der Waals surface area contributed by atoms with Crippen molar-refractivity contribution in [2.45, 2.75) is 24.3 Å². The zero-order valence-corrected chi connectivity index (χ0v) is 27.8. The highest BCUT2D eigenvalue weighted by atomic mass is 35.5. The van der Waals surface area contributed by atoms with E-state index in [1.54, 1.807) is 24.3 Å². The molecule has 1 aliphatic heterocycles. The molecule has 13 heteroatoms. The molecule has 0 aliphatic carbocycles. The molecular weight excluding hydrogens is 639 g/mol. The third-order valence-electron chi connectivity index (χ3n) is 7.19. The summed E-state index contributed by atoms with van der Waals surface area (Å²) >= 11 is 12.8. The van der Waals surface area contributed by atoms with E-state index < -0.39 is 10.0 Å². The number of nitrogens with one attached hydrogen (secondary N) is 3. The molecule has 0 saturated carbocycles. The van der Waals surface area contributed by atoms with Crippen LogP contribution < -0.4 is 15.4 Å². The van der Waals surface area contributed by atoms with E-state index in [9.17, 15) is 13.2 Å². The van der Waals surface area contributed by atoms with Gasteiger partial charge in [0.15, 0.2) is 0 Å². The third kappa shape index (κ3) is 10.9. The van der Waals surface area contributed by atoms with E-state index in [4.69, 9.17) is 37.4 Å². The predicted octanol–water partition coefficient (Wildman–Crippen LogP) is 5.03. The molecule has 0 aromatic heterocycles. The van der Waals surface area contributed by atoms with Crippen LogP contribution in [0.5, 0.6) is 0 Å². The highest BCUT2D eigenvalue weighted by molar-refractivity contribution is 7.89. The SMILES string of the molecule is Cc1ccc(NC(=O)NCCOCCOCCOCCNS(=O)(=O)c2cccc([C@@H]3CN(C)Cc4c(Cl)cc(Cl)cc43)c2)cc1. The number of ether oxygens (including phenoxy) is 3. The smallest absolute Gasteiger partial charge is 0.319 e. The number of hydrogen-bond acceptors (Lipinski definition) is 7. The number of aryl methyl sites for hydroxylation is 1. The molecule has 3 N–H and O–H groups in total. The zero-order valence-electron chi connectivity index (χ0n) is 25.5. The summed E-state index contributed by atoms with van der Waals surface area (Å²) in [6.45, 7) is 5.88. The Hall–Kier alpha value is -2.74. The lowest BCUT2D eigenvalue weighted by Gasteiger charge is -2.33. The van der Waals surface area contributed by atoms with E-state index in [1.165, 1.54) is 0 Å². The van der Waals surface area contributed by atoms with Crippen molar-refractivity contribution in [2.75, 3.05) is 71.6 Å². The van der Waals surface area contributed by atoms with Gasteiger partial charge in [-0.3, -0.25) is 0 Å². The highest BCUT2D eigenvalue weighted by Crippen LogP contribution is 2.38. The van der Waals surface area contributed by atoms with Crippen molar-refractivity contribution in [3.63, 3.8) is 0 Å². The third-order valence-corrected chi connectivity index (χ3v) is 9.20. The van der Waals surface area contributed by atoms with Gasteiger partial charge in [0, 0.05) is 47.8 Å². The van der Waals surface area contributed by atoms with Gasteiger partial charge in [-0.2, -0.15) is 0 Å². The molecule has 3 aromatic rings. The minimum Gasteiger partial charge on any atom is -0.378 e. The summed E-state index contributed by atoms with van der Waals surface area (Å²) in [6.07, 6.45) is 0. The van der Waals surface area contributed by atoms with Crippen LogP contribution in [0.25, 0.3) is 0 Å². The average molecular weight is 680 g/mol. The van der Waals surface area contributed by atoms with Crippen molar-refractivity contribution in [2.24, 2.45) is 0 Å². The maximum absolute atomic E-state index is 13.0. The van der Waals surface area contributed by atoms with Crippen molar-refractivity contribution < 1.29 is 27.4 Å². The molecule has 4 rings (SSSR count). The second kappa shape index (κ2) is 17.3. The topological polar surface area (TPSA) is 118 Å². The summed E-state index contributed by atoms with van der Waals surface area (Å²) in [6, 6.07) is 17.9. The molecule has 0 saturated heterocycles. The van der Waals surface area contributed by atoms with E-state index in [2.05, 4.69) is 20.3 Å². The van der Waals surface area contributed by atoms with E-state index in [0.29, 0.717) is 62.7 Å². The number of anilines is 1. The minimum atomic E-state index is -3.74. The number of fused-ring (bicyclic) bond motifs is 1. The first-order chi connectivity index (χ1) is 21.6. The van der Waals surface area contributed by atoms with Gasteiger partial charge in [-0.05, 0) is 67.1 Å². The number of carbonyl (C=O) groups is 1. The molecule has 0 radical (unpaired) electrons. The highest BCUT2D eigenvalue weighted by Gasteiger charge is 2.28. The van der Waals surface area contributed by atoms with E-state index in [1.807, 2.05) is 50.4 Å². The van der Waals surface area contributed by atoms with Crippen LogP contribution in [0.4, 0.5) is 10.5 Å². The first-order valence-electron chi connectivity index (χ1n) is 14.7. The Balaban J connectivity index is 1.08. The van der Waals surface area contributed by atoms with Gasteiger partial charge in [0.2, 0.25) is 10.0 Å². The Kier molecular flexibility index (Phi) is 13.5. The van der Waals surface area contributed by atoms with Crippen LogP contribution in [0.1, 0.15) is 28.2 Å². The molecule has 0 unspecified atom stereocenters. The lowest BCUT2D eigenvalue weighted by Crippen LogP contribution is -2.31. The van der Waals surface area contributed by atoms with Crippen LogP contribution in [-0.4, -0.2) is 85.7 Å². The molecular formula is C32H40Cl2N4O6S. The normalized spacial score (nSPS) is 15.1. The largest absolute Gasteiger partial charge is 0.378 e. The molecule has 1 heterocycles. The van der Waals surface area contributed by atoms with Crippen molar-refractivity contribution in [3.05, 3.63) is 93.0 Å². The van der Waals surface area contributed by atoms with Crippen LogP contribution in [-0.2, 0) is 30.8 Å². The summed E-state index contributed by atoms with van der Waals surface area (Å²) < 4.78 is 45.1. The average Bonchev–Trinajstić information content (AvgIpc) is 3.00. The summed E-state index contributed by atoms with van der Waals surface area (Å²) in [4.78, 5) is 14.2. The van der Waals surface area contributed by atoms with Crippen molar-refractivity contribution in [3.8, 4) is 0 Å². The number of likely N-dealkylation sites (N-methyl/N-ethyl adjacent to an activating group) is 1. The Morgan fingerprint density at radius 1 is 0.911 bits per heavy atom. The quantitative estimate of drug-likeness (QED) is 0.182. The molecule has 244 valence electrons. The second-order valence-electron chi connectivity index (χ2n) is 10.8. The number of carbonyl (C=O) groups excluding carboxylic acids is 1. The van der Waals surface area contributed by atoms with Gasteiger partial charge < -0.3 is 29.7 Å². The number of hydrogen-bond donors (Lipinski definition) is 3. The molecule has 0 spiro atoms. The van der Waals surface area contributed by atoms with E-state index >= 15 is 0 Å². The van der Waals surface area contributed by atoms with Crippen molar-refractivity contribution in [1.82, 2.24) is 14.9 Å². The monoisotopic (exact) mass is 678 g/mol. The molecule has 3 aromatic carbocycles. The molecule has 10 nitrogen and oxygen atoms in total. The number of benzene rings is 3. The number of rotatable bonds is 16. The summed E-state index contributed by atoms with van der Waals surface area (Å²) in [5, 5.41) is 6.66. The zero-order chi connectivity index (χ0) is 32.2. The van der Waals surface area contributed by atoms with Crippen LogP contribution in [0.3, 0.4) is 0 Å². The second-order valence-corrected chi connectivity index (χ2v) is 13.4. The van der Waals surface area contributed by atoms with Crippen LogP contribution >= 0.6 is 23.2 Å². The molecule has 0 bridgehead atoms. The first kappa shape index (κ1) is 35.1. The summed E-state index contributed by atoms with van der Waals surface area (Å²) in [5.41, 5.74) is 4.75. The molecule has 1 atom stereocenters. The van der Waals surface area contributed by atoms with Gasteiger partial charge >= 0.3 is 6.03 Å². The number of urea groups is 1. The molecule has 0 fully saturated rings. The number of sulfonamides is 1. The fraction of sp³-hybridized carbons (Fsp3) is 0.406. The van der Waals surface area contributed by atoms with Gasteiger partial charge in [0.25, 0.3) is 0 Å². The fourth-order valence-electron chi connectivity index (χ4n) is 4.95. The Labute approximate surface area is 275 Å². The van der Waals surface area contributed by atoms with Crippen molar-refractivity contribution >= 4 is 44.9 Å². The van der Waals surface area contributed by atoms with Gasteiger partial charge in [0.05, 0.1) is 44.5 Å². The lowest BCUT2D eigenvalue weighted by atomic mass is 9.85. The van der Waals surface area contributed by atoms with Crippen LogP contribution in [0.2, 0.25) is 10.0 Å². The lowest BCUT2D eigenvalue weighted by molar-refractivity contribution is 0.0165. The van der Waals surface area contributed by atoms with Crippen LogP contribution in [0.15, 0.2) is 65.6 Å². The van der Waals surface area contributed by atoms with Gasteiger partial charge in [-0.1, -0.05) is 53.0 Å². The van der Waals surface area contributed by atoms with Gasteiger partial charge in [-0.15, -0.1) is 0 Å². The molecule has 1 aliphatic rings. The van der Waals surface area contributed by atoms with Gasteiger partial charge in [0.1, 0.15) is 0 Å². The van der Waals surface area contributed by atoms with E-state index in [0.717, 1.165) is 27.9 Å². The molecule has 2 amide bonds. The number of nitrogens with zero attached hydrogens (tertiary/aromatic N) is 1. The Morgan fingerprint density at radius 3 is 2.29 bits per heavy atom.